The molecule has 0 spiro atoms. The molecule has 2 atom stereocenters. The summed E-state index contributed by atoms with van der Waals surface area (Å²) in [5.74, 6) is 0. The highest BCUT2D eigenvalue weighted by atomic mass is 16.6. The first-order valence-corrected chi connectivity index (χ1v) is 6.92. The van der Waals surface area contributed by atoms with Crippen molar-refractivity contribution in [1.29, 1.82) is 0 Å². The van der Waals surface area contributed by atoms with E-state index in [1.165, 1.54) is 22.3 Å². The van der Waals surface area contributed by atoms with Crippen LogP contribution in [0.4, 0.5) is 5.69 Å². The molecule has 1 saturated heterocycles. The van der Waals surface area contributed by atoms with Gasteiger partial charge in [0.05, 0.1) is 0 Å². The Morgan fingerprint density at radius 3 is 2.50 bits per heavy atom. The van der Waals surface area contributed by atoms with Gasteiger partial charge in [-0.1, -0.05) is 48.5 Å². The van der Waals surface area contributed by atoms with E-state index in [-0.39, 0.29) is 11.8 Å². The SMILES string of the molecule is C1=CC2OC2(Nc2ccccc2)C2=C1c1ccccc12. The van der Waals surface area contributed by atoms with E-state index in [1.54, 1.807) is 0 Å². The molecule has 1 N–H and O–H groups in total. The number of anilines is 1. The summed E-state index contributed by atoms with van der Waals surface area (Å²) >= 11 is 0. The number of para-hydroxylation sites is 1. The van der Waals surface area contributed by atoms with Gasteiger partial charge in [-0.15, -0.1) is 0 Å². The van der Waals surface area contributed by atoms with Crippen molar-refractivity contribution in [2.75, 3.05) is 5.32 Å². The van der Waals surface area contributed by atoms with E-state index >= 15 is 0 Å². The van der Waals surface area contributed by atoms with Crippen molar-refractivity contribution in [1.82, 2.24) is 0 Å². The van der Waals surface area contributed by atoms with Gasteiger partial charge in [0.2, 0.25) is 0 Å². The maximum atomic E-state index is 6.00. The Balaban J connectivity index is 1.60. The van der Waals surface area contributed by atoms with Gasteiger partial charge in [-0.3, -0.25) is 0 Å². The van der Waals surface area contributed by atoms with Crippen molar-refractivity contribution in [2.24, 2.45) is 0 Å². The average Bonchev–Trinajstić information content (AvgIpc) is 3.16. The third-order valence-corrected chi connectivity index (χ3v) is 4.33. The highest BCUT2D eigenvalue weighted by Gasteiger charge is 2.63. The molecule has 1 aliphatic heterocycles. The molecule has 0 aromatic heterocycles. The molecule has 0 radical (unpaired) electrons. The van der Waals surface area contributed by atoms with Crippen molar-refractivity contribution >= 4 is 16.8 Å². The van der Waals surface area contributed by atoms with Gasteiger partial charge in [0.25, 0.3) is 0 Å². The number of rotatable bonds is 2. The molecular formula is C18H13NO. The van der Waals surface area contributed by atoms with Gasteiger partial charge in [-0.2, -0.15) is 0 Å². The molecule has 2 aliphatic carbocycles. The Morgan fingerprint density at radius 1 is 0.900 bits per heavy atom. The summed E-state index contributed by atoms with van der Waals surface area (Å²) in [4.78, 5) is 0. The second-order valence-corrected chi connectivity index (χ2v) is 5.46. The molecule has 1 heterocycles. The number of hydrogen-bond donors (Lipinski definition) is 1. The van der Waals surface area contributed by atoms with Crippen LogP contribution in [0.25, 0.3) is 11.1 Å². The Hall–Kier alpha value is -2.32. The zero-order valence-corrected chi connectivity index (χ0v) is 10.8. The van der Waals surface area contributed by atoms with Crippen LogP contribution in [0.1, 0.15) is 11.1 Å². The maximum Gasteiger partial charge on any atom is 0.197 e. The van der Waals surface area contributed by atoms with Crippen molar-refractivity contribution in [2.45, 2.75) is 11.8 Å². The third-order valence-electron chi connectivity index (χ3n) is 4.33. The normalized spacial score (nSPS) is 28.1. The highest BCUT2D eigenvalue weighted by Crippen LogP contribution is 2.59. The number of benzene rings is 2. The average molecular weight is 259 g/mol. The van der Waals surface area contributed by atoms with E-state index < -0.39 is 0 Å². The van der Waals surface area contributed by atoms with E-state index in [9.17, 15) is 0 Å². The first-order chi connectivity index (χ1) is 9.88. The first kappa shape index (κ1) is 10.5. The summed E-state index contributed by atoms with van der Waals surface area (Å²) in [5.41, 5.74) is 6.03. The molecule has 0 amide bonds. The van der Waals surface area contributed by atoms with Crippen molar-refractivity contribution in [3.8, 4) is 0 Å². The fraction of sp³-hybridized carbons (Fsp3) is 0.111. The van der Waals surface area contributed by atoms with Gasteiger partial charge < -0.3 is 10.1 Å². The number of epoxide rings is 1. The van der Waals surface area contributed by atoms with Gasteiger partial charge in [-0.05, 0) is 34.9 Å². The van der Waals surface area contributed by atoms with E-state index in [0.717, 1.165) is 5.69 Å². The lowest BCUT2D eigenvalue weighted by molar-refractivity contribution is 0.368. The first-order valence-electron chi connectivity index (χ1n) is 6.92. The zero-order chi connectivity index (χ0) is 13.2. The van der Waals surface area contributed by atoms with Crippen molar-refractivity contribution in [3.05, 3.63) is 77.9 Å². The quantitative estimate of drug-likeness (QED) is 0.832. The lowest BCUT2D eigenvalue weighted by Crippen LogP contribution is -2.33. The largest absolute Gasteiger partial charge is 0.351 e. The molecule has 5 rings (SSSR count). The molecule has 96 valence electrons. The van der Waals surface area contributed by atoms with Crippen LogP contribution in [-0.2, 0) is 4.74 Å². The van der Waals surface area contributed by atoms with Crippen LogP contribution in [0.5, 0.6) is 0 Å². The van der Waals surface area contributed by atoms with Gasteiger partial charge in [-0.25, -0.2) is 0 Å². The van der Waals surface area contributed by atoms with Gasteiger partial charge in [0.15, 0.2) is 5.72 Å². The van der Waals surface area contributed by atoms with Gasteiger partial charge in [0, 0.05) is 11.3 Å². The van der Waals surface area contributed by atoms with Crippen LogP contribution in [-0.4, -0.2) is 11.8 Å². The standard InChI is InChI=1S/C18H13NO/c1-2-6-12(7-3-1)19-18-16(20-18)11-10-15-13-8-4-5-9-14(13)17(15)18/h1-11,16,19H. The summed E-state index contributed by atoms with van der Waals surface area (Å²) in [6, 6.07) is 18.8. The summed E-state index contributed by atoms with van der Waals surface area (Å²) in [7, 11) is 0. The predicted molar refractivity (Wildman–Crippen MR) is 80.1 cm³/mol. The van der Waals surface area contributed by atoms with Crippen LogP contribution < -0.4 is 5.32 Å². The Morgan fingerprint density at radius 2 is 1.65 bits per heavy atom. The van der Waals surface area contributed by atoms with Crippen LogP contribution >= 0.6 is 0 Å². The molecule has 2 unspecified atom stereocenters. The fourth-order valence-corrected chi connectivity index (χ4v) is 3.35. The van der Waals surface area contributed by atoms with E-state index in [2.05, 4.69) is 53.9 Å². The smallest absolute Gasteiger partial charge is 0.197 e. The lowest BCUT2D eigenvalue weighted by Gasteiger charge is -2.33. The number of hydrogen-bond acceptors (Lipinski definition) is 2. The molecule has 20 heavy (non-hydrogen) atoms. The number of fused-ring (bicyclic) bond motifs is 5. The van der Waals surface area contributed by atoms with E-state index in [1.807, 2.05) is 18.2 Å². The second-order valence-electron chi connectivity index (χ2n) is 5.46. The monoisotopic (exact) mass is 259 g/mol. The molecule has 2 nitrogen and oxygen atoms in total. The molecule has 2 aromatic carbocycles. The van der Waals surface area contributed by atoms with Crippen molar-refractivity contribution < 1.29 is 4.74 Å². The Bertz CT molecular complexity index is 775. The fourth-order valence-electron chi connectivity index (χ4n) is 3.35. The molecule has 0 saturated carbocycles. The molecule has 0 bridgehead atoms. The topological polar surface area (TPSA) is 24.6 Å². The Labute approximate surface area is 117 Å². The van der Waals surface area contributed by atoms with Crippen LogP contribution in [0, 0.1) is 0 Å². The Kier molecular flexibility index (Phi) is 1.78. The minimum atomic E-state index is -0.347. The summed E-state index contributed by atoms with van der Waals surface area (Å²) in [6.07, 6.45) is 4.50. The molecule has 2 aromatic rings. The number of nitrogens with one attached hydrogen (secondary N) is 1. The van der Waals surface area contributed by atoms with Crippen LogP contribution in [0.15, 0.2) is 66.7 Å². The highest BCUT2D eigenvalue weighted by molar-refractivity contribution is 6.13. The maximum absolute atomic E-state index is 6.00. The number of ether oxygens (including phenoxy) is 1. The summed E-state index contributed by atoms with van der Waals surface area (Å²) in [6.45, 7) is 0. The lowest BCUT2D eigenvalue weighted by atomic mass is 9.73. The third kappa shape index (κ3) is 1.17. The minimum absolute atomic E-state index is 0.148. The van der Waals surface area contributed by atoms with Gasteiger partial charge in [0.1, 0.15) is 6.10 Å². The van der Waals surface area contributed by atoms with E-state index in [0.29, 0.717) is 0 Å². The second kappa shape index (κ2) is 3.41. The molecule has 3 aliphatic rings. The van der Waals surface area contributed by atoms with Gasteiger partial charge >= 0.3 is 0 Å². The summed E-state index contributed by atoms with van der Waals surface area (Å²) in [5, 5.41) is 3.57. The predicted octanol–water partition coefficient (Wildman–Crippen LogP) is 3.69. The van der Waals surface area contributed by atoms with Crippen molar-refractivity contribution in [3.63, 3.8) is 0 Å². The van der Waals surface area contributed by atoms with E-state index in [4.69, 9.17) is 4.74 Å². The van der Waals surface area contributed by atoms with Crippen LogP contribution in [0.2, 0.25) is 0 Å². The van der Waals surface area contributed by atoms with Crippen LogP contribution in [0.3, 0.4) is 0 Å². The summed E-state index contributed by atoms with van der Waals surface area (Å²) < 4.78 is 6.00. The molecule has 1 fully saturated rings. The number of allylic oxidation sites excluding steroid dienone is 2. The molecular weight excluding hydrogens is 246 g/mol. The minimum Gasteiger partial charge on any atom is -0.351 e. The molecule has 2 heteroatoms. The zero-order valence-electron chi connectivity index (χ0n) is 10.8.